The summed E-state index contributed by atoms with van der Waals surface area (Å²) >= 11 is 0. The molecule has 0 unspecified atom stereocenters. The highest BCUT2D eigenvalue weighted by atomic mass is 16.5. The predicted octanol–water partition coefficient (Wildman–Crippen LogP) is 0.734. The van der Waals surface area contributed by atoms with Gasteiger partial charge in [-0.05, 0) is 44.4 Å². The lowest BCUT2D eigenvalue weighted by Gasteiger charge is -2.32. The largest absolute Gasteiger partial charge is 0.497 e. The van der Waals surface area contributed by atoms with Gasteiger partial charge in [0.2, 0.25) is 5.91 Å². The summed E-state index contributed by atoms with van der Waals surface area (Å²) in [6.07, 6.45) is 1.79. The number of hydrogen-bond donors (Lipinski definition) is 3. The number of amides is 2. The Morgan fingerprint density at radius 1 is 1.20 bits per heavy atom. The van der Waals surface area contributed by atoms with Crippen molar-refractivity contribution in [2.45, 2.75) is 38.6 Å². The number of hydrogen-bond acceptors (Lipinski definition) is 5. The van der Waals surface area contributed by atoms with E-state index < -0.39 is 11.2 Å². The van der Waals surface area contributed by atoms with E-state index in [2.05, 4.69) is 15.3 Å². The maximum absolute atomic E-state index is 12.5. The Morgan fingerprint density at radius 2 is 1.93 bits per heavy atom. The molecule has 3 N–H and O–H groups in total. The van der Waals surface area contributed by atoms with Crippen LogP contribution < -0.4 is 21.3 Å². The molecule has 2 heterocycles. The molecular weight excluding hydrogens is 388 g/mol. The number of methoxy groups -OCH3 is 1. The topological polar surface area (TPSA) is 124 Å². The molecule has 2 amide bonds. The molecule has 0 radical (unpaired) electrons. The first-order chi connectivity index (χ1) is 14.4. The fraction of sp³-hybridized carbons (Fsp3) is 0.429. The molecule has 30 heavy (non-hydrogen) atoms. The number of aromatic nitrogens is 2. The molecule has 9 heteroatoms. The van der Waals surface area contributed by atoms with E-state index in [1.54, 1.807) is 43.2 Å². The number of benzene rings is 1. The van der Waals surface area contributed by atoms with Crippen LogP contribution in [0.25, 0.3) is 0 Å². The van der Waals surface area contributed by atoms with Gasteiger partial charge in [-0.25, -0.2) is 4.79 Å². The number of carbonyl (C=O) groups is 2. The summed E-state index contributed by atoms with van der Waals surface area (Å²) in [4.78, 5) is 54.6. The maximum Gasteiger partial charge on any atom is 0.325 e. The van der Waals surface area contributed by atoms with Gasteiger partial charge in [0.05, 0.1) is 7.11 Å². The van der Waals surface area contributed by atoms with Crippen molar-refractivity contribution in [1.82, 2.24) is 20.2 Å². The summed E-state index contributed by atoms with van der Waals surface area (Å²) in [7, 11) is 1.55. The van der Waals surface area contributed by atoms with Gasteiger partial charge < -0.3 is 19.9 Å². The van der Waals surface area contributed by atoms with E-state index in [4.69, 9.17) is 4.74 Å². The summed E-state index contributed by atoms with van der Waals surface area (Å²) in [5.41, 5.74) is 0.432. The van der Waals surface area contributed by atoms with Crippen molar-refractivity contribution in [2.75, 3.05) is 20.2 Å². The molecule has 0 spiro atoms. The van der Waals surface area contributed by atoms with E-state index in [1.807, 2.05) is 0 Å². The average Bonchev–Trinajstić information content (AvgIpc) is 2.73. The molecule has 0 aliphatic carbocycles. The Bertz CT molecular complexity index is 1030. The van der Waals surface area contributed by atoms with E-state index in [9.17, 15) is 19.2 Å². The molecular formula is C21H26N4O5. The number of aryl methyl sites for hydroxylation is 1. The predicted molar refractivity (Wildman–Crippen MR) is 111 cm³/mol. The molecule has 1 aliphatic heterocycles. The number of nitrogens with one attached hydrogen (secondary N) is 3. The number of piperidine rings is 1. The van der Waals surface area contributed by atoms with Crippen molar-refractivity contribution in [3.63, 3.8) is 0 Å². The minimum absolute atomic E-state index is 0.00274. The smallest absolute Gasteiger partial charge is 0.325 e. The van der Waals surface area contributed by atoms with E-state index in [1.165, 1.54) is 0 Å². The molecule has 2 aromatic rings. The Morgan fingerprint density at radius 3 is 2.60 bits per heavy atom. The highest BCUT2D eigenvalue weighted by Gasteiger charge is 2.24. The number of H-pyrrole nitrogens is 2. The molecule has 1 saturated heterocycles. The molecule has 9 nitrogen and oxygen atoms in total. The lowest BCUT2D eigenvalue weighted by molar-refractivity contribution is -0.132. The zero-order chi connectivity index (χ0) is 21.7. The van der Waals surface area contributed by atoms with Crippen molar-refractivity contribution in [2.24, 2.45) is 0 Å². The lowest BCUT2D eigenvalue weighted by atomic mass is 10.0. The number of likely N-dealkylation sites (tertiary alicyclic amines) is 1. The van der Waals surface area contributed by atoms with Crippen LogP contribution in [0.1, 0.15) is 40.9 Å². The van der Waals surface area contributed by atoms with Crippen molar-refractivity contribution in [3.8, 4) is 5.75 Å². The van der Waals surface area contributed by atoms with Gasteiger partial charge in [-0.15, -0.1) is 0 Å². The first kappa shape index (κ1) is 21.4. The first-order valence-electron chi connectivity index (χ1n) is 9.92. The molecule has 0 bridgehead atoms. The van der Waals surface area contributed by atoms with Gasteiger partial charge in [0.1, 0.15) is 5.75 Å². The van der Waals surface area contributed by atoms with Crippen molar-refractivity contribution >= 4 is 11.8 Å². The van der Waals surface area contributed by atoms with E-state index in [0.29, 0.717) is 48.5 Å². The van der Waals surface area contributed by atoms with Crippen LogP contribution in [-0.4, -0.2) is 52.9 Å². The molecule has 160 valence electrons. The molecule has 0 saturated carbocycles. The summed E-state index contributed by atoms with van der Waals surface area (Å²) in [6.45, 7) is 2.73. The molecule has 0 atom stereocenters. The van der Waals surface area contributed by atoms with Gasteiger partial charge >= 0.3 is 5.69 Å². The van der Waals surface area contributed by atoms with Crippen LogP contribution in [-0.2, 0) is 11.2 Å². The maximum atomic E-state index is 12.5. The molecule has 1 aromatic heterocycles. The summed E-state index contributed by atoms with van der Waals surface area (Å²) < 4.78 is 5.15. The molecule has 1 fully saturated rings. The van der Waals surface area contributed by atoms with Gasteiger partial charge in [-0.2, -0.15) is 0 Å². The number of ether oxygens (including phenoxy) is 1. The van der Waals surface area contributed by atoms with Crippen LogP contribution in [0.3, 0.4) is 0 Å². The highest BCUT2D eigenvalue weighted by Crippen LogP contribution is 2.16. The van der Waals surface area contributed by atoms with Gasteiger partial charge in [0, 0.05) is 42.4 Å². The second-order valence-corrected chi connectivity index (χ2v) is 7.37. The molecule has 1 aliphatic rings. The highest BCUT2D eigenvalue weighted by molar-refractivity contribution is 5.94. The van der Waals surface area contributed by atoms with Gasteiger partial charge in [0.25, 0.3) is 11.5 Å². The standard InChI is InChI=1S/C21H26N4O5/c1-13-17(20(28)24-21(29)22-13)6-7-18(26)25-10-8-15(9-11-25)23-19(27)14-4-3-5-16(12-14)30-2/h3-5,12,15H,6-11H2,1-2H3,(H,23,27)(H2,22,24,28,29). The van der Waals surface area contributed by atoms with Gasteiger partial charge in [0.15, 0.2) is 0 Å². The normalized spacial score (nSPS) is 14.4. The monoisotopic (exact) mass is 414 g/mol. The van der Waals surface area contributed by atoms with Crippen LogP contribution >= 0.6 is 0 Å². The van der Waals surface area contributed by atoms with Crippen LogP contribution in [0, 0.1) is 6.92 Å². The first-order valence-corrected chi connectivity index (χ1v) is 9.92. The fourth-order valence-electron chi connectivity index (χ4n) is 3.62. The second-order valence-electron chi connectivity index (χ2n) is 7.37. The van der Waals surface area contributed by atoms with Crippen molar-refractivity contribution in [1.29, 1.82) is 0 Å². The van der Waals surface area contributed by atoms with E-state index in [0.717, 1.165) is 0 Å². The Labute approximate surface area is 173 Å². The van der Waals surface area contributed by atoms with Crippen LogP contribution in [0.4, 0.5) is 0 Å². The Kier molecular flexibility index (Phi) is 6.71. The molecule has 1 aromatic carbocycles. The third-order valence-corrected chi connectivity index (χ3v) is 5.36. The van der Waals surface area contributed by atoms with Gasteiger partial charge in [-0.1, -0.05) is 6.07 Å². The quantitative estimate of drug-likeness (QED) is 0.643. The minimum atomic E-state index is -0.550. The fourth-order valence-corrected chi connectivity index (χ4v) is 3.62. The minimum Gasteiger partial charge on any atom is -0.497 e. The number of aromatic amines is 2. The Balaban J connectivity index is 1.49. The average molecular weight is 414 g/mol. The van der Waals surface area contributed by atoms with Crippen LogP contribution in [0.5, 0.6) is 5.75 Å². The third-order valence-electron chi connectivity index (χ3n) is 5.36. The SMILES string of the molecule is COc1cccc(C(=O)NC2CCN(C(=O)CCc3c(C)[nH]c(=O)[nH]c3=O)CC2)c1. The number of carbonyl (C=O) groups excluding carboxylic acids is 2. The summed E-state index contributed by atoms with van der Waals surface area (Å²) in [5, 5.41) is 3.01. The second kappa shape index (κ2) is 9.43. The summed E-state index contributed by atoms with van der Waals surface area (Å²) in [6, 6.07) is 6.97. The van der Waals surface area contributed by atoms with Crippen molar-refractivity contribution < 1.29 is 14.3 Å². The lowest BCUT2D eigenvalue weighted by Crippen LogP contribution is -2.46. The third kappa shape index (κ3) is 5.16. The van der Waals surface area contributed by atoms with E-state index in [-0.39, 0.29) is 30.7 Å². The van der Waals surface area contributed by atoms with Crippen molar-refractivity contribution in [3.05, 3.63) is 61.9 Å². The number of rotatable bonds is 6. The van der Waals surface area contributed by atoms with E-state index >= 15 is 0 Å². The van der Waals surface area contributed by atoms with Crippen LogP contribution in [0.2, 0.25) is 0 Å². The van der Waals surface area contributed by atoms with Crippen LogP contribution in [0.15, 0.2) is 33.9 Å². The zero-order valence-corrected chi connectivity index (χ0v) is 17.1. The Hall–Kier alpha value is -3.36. The van der Waals surface area contributed by atoms with Gasteiger partial charge in [-0.3, -0.25) is 19.4 Å². The molecule has 3 rings (SSSR count). The number of nitrogens with zero attached hydrogens (tertiary/aromatic N) is 1. The zero-order valence-electron chi connectivity index (χ0n) is 17.1. The summed E-state index contributed by atoms with van der Waals surface area (Å²) in [5.74, 6) is 0.420.